The maximum atomic E-state index is 12.7. The Morgan fingerprint density at radius 1 is 1.20 bits per heavy atom. The van der Waals surface area contributed by atoms with E-state index >= 15 is 0 Å². The van der Waals surface area contributed by atoms with E-state index in [1.165, 1.54) is 19.4 Å². The largest absolute Gasteiger partial charge is 0.399 e. The van der Waals surface area contributed by atoms with Crippen LogP contribution >= 0.6 is 23.2 Å². The lowest BCUT2D eigenvalue weighted by Gasteiger charge is -2.23. The van der Waals surface area contributed by atoms with E-state index in [2.05, 4.69) is 10.1 Å². The molecule has 1 aliphatic rings. The minimum Gasteiger partial charge on any atom is -0.399 e. The first-order chi connectivity index (χ1) is 12.0. The highest BCUT2D eigenvalue weighted by molar-refractivity contribution is 6.37. The van der Waals surface area contributed by atoms with Gasteiger partial charge in [-0.15, -0.1) is 0 Å². The first-order valence-electron chi connectivity index (χ1n) is 7.35. The lowest BCUT2D eigenvalue weighted by Crippen LogP contribution is -2.43. The van der Waals surface area contributed by atoms with Crippen molar-refractivity contribution >= 4 is 40.7 Å². The second-order valence-electron chi connectivity index (χ2n) is 5.34. The fourth-order valence-electron chi connectivity index (χ4n) is 2.70. The summed E-state index contributed by atoms with van der Waals surface area (Å²) in [5.41, 5.74) is 1.24. The molecule has 1 aromatic heterocycles. The maximum absolute atomic E-state index is 12.7. The molecule has 1 atom stereocenters. The van der Waals surface area contributed by atoms with Gasteiger partial charge in [0.05, 0.1) is 27.2 Å². The molecule has 0 N–H and O–H groups in total. The van der Waals surface area contributed by atoms with Gasteiger partial charge in [-0.3, -0.25) is 19.5 Å². The third-order valence-electron chi connectivity index (χ3n) is 3.85. The number of oxime groups is 1. The topological polar surface area (TPSA) is 71.9 Å². The molecule has 0 bridgehead atoms. The molecule has 1 unspecified atom stereocenters. The van der Waals surface area contributed by atoms with Gasteiger partial charge in [0.15, 0.2) is 0 Å². The van der Waals surface area contributed by atoms with Crippen LogP contribution in [0.5, 0.6) is 0 Å². The normalized spacial score (nSPS) is 15.4. The SMILES string of the molecule is CO/N=C(/c1ncc(Cl)cc1Cl)C(C)N1C(=O)c2ccccc2C1=O. The monoisotopic (exact) mass is 377 g/mol. The molecular formula is C17H13Cl2N3O3. The number of fused-ring (bicyclic) bond motifs is 1. The molecule has 1 aromatic carbocycles. The quantitative estimate of drug-likeness (QED) is 0.464. The van der Waals surface area contributed by atoms with Gasteiger partial charge in [0.1, 0.15) is 18.5 Å². The molecular weight excluding hydrogens is 365 g/mol. The van der Waals surface area contributed by atoms with Crippen LogP contribution < -0.4 is 0 Å². The van der Waals surface area contributed by atoms with Crippen molar-refractivity contribution in [3.05, 3.63) is 63.4 Å². The number of amides is 2. The summed E-state index contributed by atoms with van der Waals surface area (Å²) in [5.74, 6) is -0.802. The van der Waals surface area contributed by atoms with E-state index in [9.17, 15) is 9.59 Å². The minimum absolute atomic E-state index is 0.242. The lowest BCUT2D eigenvalue weighted by atomic mass is 10.1. The van der Waals surface area contributed by atoms with Gasteiger partial charge in [-0.1, -0.05) is 40.5 Å². The van der Waals surface area contributed by atoms with Gasteiger partial charge in [-0.2, -0.15) is 0 Å². The molecule has 0 radical (unpaired) electrons. The molecule has 8 heteroatoms. The number of hydrogen-bond acceptors (Lipinski definition) is 5. The molecule has 0 fully saturated rings. The number of carbonyl (C=O) groups is 2. The Bertz CT molecular complexity index is 863. The lowest BCUT2D eigenvalue weighted by molar-refractivity contribution is 0.0632. The van der Waals surface area contributed by atoms with Gasteiger partial charge >= 0.3 is 0 Å². The average Bonchev–Trinajstić information content (AvgIpc) is 2.84. The highest BCUT2D eigenvalue weighted by atomic mass is 35.5. The number of nitrogens with zero attached hydrogens (tertiary/aromatic N) is 3. The van der Waals surface area contributed by atoms with Crippen molar-refractivity contribution in [1.82, 2.24) is 9.88 Å². The van der Waals surface area contributed by atoms with Gasteiger partial charge in [0.25, 0.3) is 11.8 Å². The fraction of sp³-hybridized carbons (Fsp3) is 0.176. The zero-order valence-corrected chi connectivity index (χ0v) is 14.9. The molecule has 128 valence electrons. The standard InChI is InChI=1S/C17H13Cl2N3O3/c1-9(14(21-25-2)15-13(19)7-10(18)8-20-15)22-16(23)11-5-3-4-6-12(11)17(22)24/h3-9H,1-2H3/b21-14+. The number of rotatable bonds is 4. The number of pyridine rings is 1. The highest BCUT2D eigenvalue weighted by Gasteiger charge is 2.40. The fourth-order valence-corrected chi connectivity index (χ4v) is 3.18. The van der Waals surface area contributed by atoms with Crippen LogP contribution in [-0.4, -0.2) is 40.6 Å². The first kappa shape index (κ1) is 17.4. The molecule has 6 nitrogen and oxygen atoms in total. The Labute approximate surface area is 154 Å². The molecule has 0 saturated heterocycles. The van der Waals surface area contributed by atoms with Crippen LogP contribution in [0.2, 0.25) is 10.0 Å². The summed E-state index contributed by atoms with van der Waals surface area (Å²) in [4.78, 5) is 35.5. The zero-order chi connectivity index (χ0) is 18.1. The Kier molecular flexibility index (Phi) is 4.74. The second kappa shape index (κ2) is 6.82. The van der Waals surface area contributed by atoms with Crippen molar-refractivity contribution in [2.45, 2.75) is 13.0 Å². The van der Waals surface area contributed by atoms with E-state index in [-0.39, 0.29) is 16.4 Å². The number of hydrogen-bond donors (Lipinski definition) is 0. The van der Waals surface area contributed by atoms with Crippen molar-refractivity contribution in [2.24, 2.45) is 5.16 Å². The molecule has 25 heavy (non-hydrogen) atoms. The van der Waals surface area contributed by atoms with Crippen LogP contribution in [-0.2, 0) is 4.84 Å². The molecule has 1 aliphatic heterocycles. The van der Waals surface area contributed by atoms with Crippen molar-refractivity contribution < 1.29 is 14.4 Å². The summed E-state index contributed by atoms with van der Waals surface area (Å²) in [5, 5.41) is 4.54. The van der Waals surface area contributed by atoms with Crippen molar-refractivity contribution in [2.75, 3.05) is 7.11 Å². The zero-order valence-electron chi connectivity index (χ0n) is 13.4. The van der Waals surface area contributed by atoms with Crippen molar-refractivity contribution in [3.8, 4) is 0 Å². The second-order valence-corrected chi connectivity index (χ2v) is 6.19. The van der Waals surface area contributed by atoms with E-state index in [0.717, 1.165) is 4.90 Å². The van der Waals surface area contributed by atoms with Gasteiger partial charge in [0.2, 0.25) is 0 Å². The molecule has 0 aliphatic carbocycles. The van der Waals surface area contributed by atoms with E-state index < -0.39 is 17.9 Å². The summed E-state index contributed by atoms with van der Waals surface area (Å²) >= 11 is 12.1. The summed E-state index contributed by atoms with van der Waals surface area (Å²) in [6.45, 7) is 1.66. The minimum atomic E-state index is -0.737. The van der Waals surface area contributed by atoms with E-state index in [0.29, 0.717) is 16.1 Å². The molecule has 2 heterocycles. The predicted octanol–water partition coefficient (Wildman–Crippen LogP) is 3.42. The number of aromatic nitrogens is 1. The average molecular weight is 378 g/mol. The van der Waals surface area contributed by atoms with E-state index in [1.807, 2.05) is 0 Å². The Morgan fingerprint density at radius 2 is 1.80 bits per heavy atom. The van der Waals surface area contributed by atoms with Crippen molar-refractivity contribution in [1.29, 1.82) is 0 Å². The van der Waals surface area contributed by atoms with E-state index in [1.54, 1.807) is 31.2 Å². The highest BCUT2D eigenvalue weighted by Crippen LogP contribution is 2.27. The van der Waals surface area contributed by atoms with Gasteiger partial charge in [-0.25, -0.2) is 0 Å². The summed E-state index contributed by atoms with van der Waals surface area (Å²) in [6, 6.07) is 7.41. The van der Waals surface area contributed by atoms with Crippen LogP contribution in [0.15, 0.2) is 41.7 Å². The third-order valence-corrected chi connectivity index (χ3v) is 4.34. The van der Waals surface area contributed by atoms with Gasteiger partial charge < -0.3 is 4.84 Å². The number of benzene rings is 1. The van der Waals surface area contributed by atoms with Crippen LogP contribution in [0.3, 0.4) is 0 Å². The van der Waals surface area contributed by atoms with Crippen LogP contribution in [0.25, 0.3) is 0 Å². The summed E-state index contributed by atoms with van der Waals surface area (Å²) in [6.07, 6.45) is 1.41. The Balaban J connectivity index is 2.03. The summed E-state index contributed by atoms with van der Waals surface area (Å²) < 4.78 is 0. The van der Waals surface area contributed by atoms with Crippen molar-refractivity contribution in [3.63, 3.8) is 0 Å². The first-order valence-corrected chi connectivity index (χ1v) is 8.10. The number of carbonyl (C=O) groups excluding carboxylic acids is 2. The van der Waals surface area contributed by atoms with Crippen LogP contribution in [0.4, 0.5) is 0 Å². The number of imide groups is 1. The smallest absolute Gasteiger partial charge is 0.262 e. The molecule has 2 amide bonds. The third kappa shape index (κ3) is 2.99. The van der Waals surface area contributed by atoms with Crippen LogP contribution in [0.1, 0.15) is 33.3 Å². The Morgan fingerprint density at radius 3 is 2.32 bits per heavy atom. The molecule has 3 rings (SSSR count). The van der Waals surface area contributed by atoms with Crippen LogP contribution in [0, 0.1) is 0 Å². The molecule has 0 saturated carbocycles. The molecule has 2 aromatic rings. The van der Waals surface area contributed by atoms with Gasteiger partial charge in [-0.05, 0) is 25.1 Å². The van der Waals surface area contributed by atoms with E-state index in [4.69, 9.17) is 28.0 Å². The Hall–Kier alpha value is -2.44. The summed E-state index contributed by atoms with van der Waals surface area (Å²) in [7, 11) is 1.36. The number of halogens is 2. The van der Waals surface area contributed by atoms with Gasteiger partial charge in [0, 0.05) is 6.20 Å². The predicted molar refractivity (Wildman–Crippen MR) is 94.2 cm³/mol. The maximum Gasteiger partial charge on any atom is 0.262 e. The molecule has 0 spiro atoms.